The Labute approximate surface area is 133 Å². The number of benzene rings is 1. The highest BCUT2D eigenvalue weighted by atomic mass is 32.1. The Balaban J connectivity index is 2.53. The SMILES string of the molecule is CCOCCn1c(=NC(=O)C(C)(C)C)sc2cc(F)ccc21. The third-order valence-corrected chi connectivity index (χ3v) is 4.19. The lowest BCUT2D eigenvalue weighted by atomic mass is 9.96. The predicted octanol–water partition coefficient (Wildman–Crippen LogP) is 3.35. The molecule has 1 aromatic carbocycles. The Morgan fingerprint density at radius 3 is 2.77 bits per heavy atom. The molecule has 6 heteroatoms. The molecule has 1 heterocycles. The molecule has 0 N–H and O–H groups in total. The van der Waals surface area contributed by atoms with Crippen molar-refractivity contribution < 1.29 is 13.9 Å². The number of nitrogens with zero attached hydrogens (tertiary/aromatic N) is 2. The Morgan fingerprint density at radius 2 is 2.14 bits per heavy atom. The van der Waals surface area contributed by atoms with Crippen LogP contribution in [0.4, 0.5) is 4.39 Å². The van der Waals surface area contributed by atoms with Gasteiger partial charge < -0.3 is 9.30 Å². The fourth-order valence-corrected chi connectivity index (χ4v) is 2.98. The van der Waals surface area contributed by atoms with E-state index in [1.807, 2.05) is 32.3 Å². The quantitative estimate of drug-likeness (QED) is 0.810. The highest BCUT2D eigenvalue weighted by Crippen LogP contribution is 2.20. The minimum absolute atomic E-state index is 0.190. The number of fused-ring (bicyclic) bond motifs is 1. The van der Waals surface area contributed by atoms with Crippen molar-refractivity contribution in [3.8, 4) is 0 Å². The van der Waals surface area contributed by atoms with E-state index in [0.717, 1.165) is 10.2 Å². The van der Waals surface area contributed by atoms with Crippen molar-refractivity contribution in [2.45, 2.75) is 34.2 Å². The normalized spacial score (nSPS) is 13.0. The second-order valence-corrected chi connectivity index (χ2v) is 7.02. The molecular weight excluding hydrogens is 303 g/mol. The number of ether oxygens (including phenoxy) is 1. The summed E-state index contributed by atoms with van der Waals surface area (Å²) in [6, 6.07) is 4.60. The first-order chi connectivity index (χ1) is 10.3. The van der Waals surface area contributed by atoms with Gasteiger partial charge in [0, 0.05) is 18.6 Å². The zero-order chi connectivity index (χ0) is 16.3. The van der Waals surface area contributed by atoms with Gasteiger partial charge >= 0.3 is 0 Å². The van der Waals surface area contributed by atoms with E-state index in [-0.39, 0.29) is 11.7 Å². The van der Waals surface area contributed by atoms with Crippen LogP contribution in [0.15, 0.2) is 23.2 Å². The molecule has 0 fully saturated rings. The van der Waals surface area contributed by atoms with E-state index in [2.05, 4.69) is 4.99 Å². The van der Waals surface area contributed by atoms with Gasteiger partial charge in [-0.1, -0.05) is 32.1 Å². The van der Waals surface area contributed by atoms with E-state index in [0.29, 0.717) is 24.6 Å². The lowest BCUT2D eigenvalue weighted by Gasteiger charge is -2.12. The van der Waals surface area contributed by atoms with Crippen LogP contribution < -0.4 is 4.80 Å². The van der Waals surface area contributed by atoms with Gasteiger partial charge in [0.2, 0.25) is 0 Å². The summed E-state index contributed by atoms with van der Waals surface area (Å²) in [5.74, 6) is -0.482. The van der Waals surface area contributed by atoms with Crippen LogP contribution in [0.1, 0.15) is 27.7 Å². The van der Waals surface area contributed by atoms with Gasteiger partial charge in [0.05, 0.1) is 16.8 Å². The molecule has 2 aromatic rings. The maximum Gasteiger partial charge on any atom is 0.253 e. The van der Waals surface area contributed by atoms with Crippen LogP contribution >= 0.6 is 11.3 Å². The number of halogens is 1. The number of hydrogen-bond acceptors (Lipinski definition) is 3. The highest BCUT2D eigenvalue weighted by Gasteiger charge is 2.21. The maximum absolute atomic E-state index is 13.4. The largest absolute Gasteiger partial charge is 0.380 e. The van der Waals surface area contributed by atoms with E-state index in [9.17, 15) is 9.18 Å². The van der Waals surface area contributed by atoms with Crippen LogP contribution in [0, 0.1) is 11.2 Å². The van der Waals surface area contributed by atoms with E-state index >= 15 is 0 Å². The number of amides is 1. The first-order valence-electron chi connectivity index (χ1n) is 7.28. The fraction of sp³-hybridized carbons (Fsp3) is 0.500. The molecule has 0 saturated heterocycles. The molecule has 0 aliphatic carbocycles. The zero-order valence-electron chi connectivity index (χ0n) is 13.4. The van der Waals surface area contributed by atoms with Crippen molar-refractivity contribution in [2.75, 3.05) is 13.2 Å². The Bertz CT molecular complexity index is 741. The molecule has 0 saturated carbocycles. The average molecular weight is 324 g/mol. The zero-order valence-corrected chi connectivity index (χ0v) is 14.2. The molecule has 2 rings (SSSR count). The van der Waals surface area contributed by atoms with Gasteiger partial charge in [0.25, 0.3) is 5.91 Å². The molecule has 0 radical (unpaired) electrons. The molecule has 0 aliphatic rings. The third-order valence-electron chi connectivity index (χ3n) is 3.15. The molecule has 1 amide bonds. The van der Waals surface area contributed by atoms with E-state index in [1.165, 1.54) is 23.5 Å². The summed E-state index contributed by atoms with van der Waals surface area (Å²) in [6.45, 7) is 9.15. The van der Waals surface area contributed by atoms with Crippen LogP contribution in [0.5, 0.6) is 0 Å². The van der Waals surface area contributed by atoms with Gasteiger partial charge in [-0.05, 0) is 25.1 Å². The van der Waals surface area contributed by atoms with Gasteiger partial charge in [-0.15, -0.1) is 0 Å². The Morgan fingerprint density at radius 1 is 1.41 bits per heavy atom. The Hall–Kier alpha value is -1.53. The van der Waals surface area contributed by atoms with E-state index in [4.69, 9.17) is 4.74 Å². The topological polar surface area (TPSA) is 43.6 Å². The molecule has 0 atom stereocenters. The molecule has 0 unspecified atom stereocenters. The van der Waals surface area contributed by atoms with Crippen LogP contribution in [0.25, 0.3) is 10.2 Å². The van der Waals surface area contributed by atoms with E-state index < -0.39 is 5.41 Å². The van der Waals surface area contributed by atoms with Crippen LogP contribution in [-0.4, -0.2) is 23.7 Å². The van der Waals surface area contributed by atoms with Gasteiger partial charge in [-0.3, -0.25) is 4.79 Å². The number of thiazole rings is 1. The predicted molar refractivity (Wildman–Crippen MR) is 86.3 cm³/mol. The van der Waals surface area contributed by atoms with Gasteiger partial charge in [0.1, 0.15) is 5.82 Å². The number of carbonyl (C=O) groups is 1. The summed E-state index contributed by atoms with van der Waals surface area (Å²) in [5.41, 5.74) is 0.325. The molecule has 22 heavy (non-hydrogen) atoms. The summed E-state index contributed by atoms with van der Waals surface area (Å²) in [6.07, 6.45) is 0. The summed E-state index contributed by atoms with van der Waals surface area (Å²) in [5, 5.41) is 0. The van der Waals surface area contributed by atoms with Gasteiger partial charge in [-0.25, -0.2) is 4.39 Å². The molecular formula is C16H21FN2O2S. The van der Waals surface area contributed by atoms with Crippen molar-refractivity contribution in [1.29, 1.82) is 0 Å². The van der Waals surface area contributed by atoms with Crippen molar-refractivity contribution in [2.24, 2.45) is 10.4 Å². The lowest BCUT2D eigenvalue weighted by molar-refractivity contribution is -0.125. The summed E-state index contributed by atoms with van der Waals surface area (Å²) < 4.78 is 21.5. The maximum atomic E-state index is 13.4. The standard InChI is InChI=1S/C16H21FN2O2S/c1-5-21-9-8-19-12-7-6-11(17)10-13(12)22-15(19)18-14(20)16(2,3)4/h6-7,10H,5,8-9H2,1-4H3. The van der Waals surface area contributed by atoms with Crippen molar-refractivity contribution >= 4 is 27.5 Å². The highest BCUT2D eigenvalue weighted by molar-refractivity contribution is 7.16. The summed E-state index contributed by atoms with van der Waals surface area (Å²) in [7, 11) is 0. The van der Waals surface area contributed by atoms with Crippen LogP contribution in [-0.2, 0) is 16.1 Å². The first kappa shape index (κ1) is 16.8. The number of aromatic nitrogens is 1. The summed E-state index contributed by atoms with van der Waals surface area (Å²) in [4.78, 5) is 17.0. The Kier molecular flexibility index (Phi) is 5.13. The molecule has 0 bridgehead atoms. The number of rotatable bonds is 4. The monoisotopic (exact) mass is 324 g/mol. The molecule has 4 nitrogen and oxygen atoms in total. The van der Waals surface area contributed by atoms with E-state index in [1.54, 1.807) is 6.07 Å². The third kappa shape index (κ3) is 3.81. The second kappa shape index (κ2) is 6.71. The van der Waals surface area contributed by atoms with Crippen molar-refractivity contribution in [3.63, 3.8) is 0 Å². The second-order valence-electron chi connectivity index (χ2n) is 6.01. The number of carbonyl (C=O) groups excluding carboxylic acids is 1. The van der Waals surface area contributed by atoms with Crippen molar-refractivity contribution in [1.82, 2.24) is 4.57 Å². The number of hydrogen-bond donors (Lipinski definition) is 0. The fourth-order valence-electron chi connectivity index (χ4n) is 1.90. The van der Waals surface area contributed by atoms with Crippen molar-refractivity contribution in [3.05, 3.63) is 28.8 Å². The van der Waals surface area contributed by atoms with Crippen LogP contribution in [0.2, 0.25) is 0 Å². The molecule has 1 aromatic heterocycles. The molecule has 120 valence electrons. The minimum Gasteiger partial charge on any atom is -0.380 e. The van der Waals surface area contributed by atoms with Gasteiger partial charge in [-0.2, -0.15) is 4.99 Å². The van der Waals surface area contributed by atoms with Gasteiger partial charge in [0.15, 0.2) is 4.80 Å². The smallest absolute Gasteiger partial charge is 0.253 e. The first-order valence-corrected chi connectivity index (χ1v) is 8.10. The average Bonchev–Trinajstić information content (AvgIpc) is 2.75. The summed E-state index contributed by atoms with van der Waals surface area (Å²) >= 11 is 1.32. The minimum atomic E-state index is -0.542. The van der Waals surface area contributed by atoms with Crippen LogP contribution in [0.3, 0.4) is 0 Å². The molecule has 0 spiro atoms. The lowest BCUT2D eigenvalue weighted by Crippen LogP contribution is -2.24. The molecule has 0 aliphatic heterocycles.